The third kappa shape index (κ3) is 3.73. The second kappa shape index (κ2) is 7.19. The summed E-state index contributed by atoms with van der Waals surface area (Å²) in [5, 5.41) is 3.73. The van der Waals surface area contributed by atoms with E-state index in [0.717, 1.165) is 15.4 Å². The summed E-state index contributed by atoms with van der Waals surface area (Å²) in [6.45, 7) is 0. The number of anilines is 1. The fourth-order valence-electron chi connectivity index (χ4n) is 3.22. The van der Waals surface area contributed by atoms with Crippen LogP contribution in [0.5, 0.6) is 0 Å². The number of para-hydroxylation sites is 1. The maximum atomic E-state index is 3.73. The molecule has 4 rings (SSSR count). The Morgan fingerprint density at radius 2 is 1.40 bits per heavy atom. The van der Waals surface area contributed by atoms with Crippen molar-refractivity contribution in [2.24, 2.45) is 0 Å². The summed E-state index contributed by atoms with van der Waals surface area (Å²) >= 11 is 7.06. The molecule has 0 fully saturated rings. The predicted octanol–water partition coefficient (Wildman–Crippen LogP) is 7.31. The van der Waals surface area contributed by atoms with Gasteiger partial charge in [-0.2, -0.15) is 0 Å². The van der Waals surface area contributed by atoms with Crippen LogP contribution >= 0.6 is 31.9 Å². The van der Waals surface area contributed by atoms with Gasteiger partial charge in [0.05, 0.1) is 6.04 Å². The van der Waals surface area contributed by atoms with Crippen LogP contribution in [0.2, 0.25) is 0 Å². The molecule has 0 radical (unpaired) electrons. The second-order valence-corrected chi connectivity index (χ2v) is 8.05. The van der Waals surface area contributed by atoms with E-state index < -0.39 is 0 Å². The molecule has 0 amide bonds. The number of halogens is 2. The van der Waals surface area contributed by atoms with Crippen LogP contribution in [0.1, 0.15) is 29.2 Å². The van der Waals surface area contributed by atoms with E-state index in [2.05, 4.69) is 116 Å². The van der Waals surface area contributed by atoms with Crippen molar-refractivity contribution in [3.63, 3.8) is 0 Å². The zero-order valence-corrected chi connectivity index (χ0v) is 16.7. The number of hydrogen-bond acceptors (Lipinski definition) is 1. The Labute approximate surface area is 165 Å². The molecule has 1 N–H and O–H groups in total. The summed E-state index contributed by atoms with van der Waals surface area (Å²) in [4.78, 5) is 0. The highest BCUT2D eigenvalue weighted by Crippen LogP contribution is 2.37. The molecule has 3 heteroatoms. The average molecular weight is 455 g/mol. The molecule has 3 aromatic rings. The van der Waals surface area contributed by atoms with Crippen LogP contribution in [-0.4, -0.2) is 0 Å². The van der Waals surface area contributed by atoms with E-state index in [1.807, 2.05) is 0 Å². The highest BCUT2D eigenvalue weighted by Gasteiger charge is 2.19. The highest BCUT2D eigenvalue weighted by atomic mass is 79.9. The molecule has 0 aromatic heterocycles. The van der Waals surface area contributed by atoms with Gasteiger partial charge in [0.15, 0.2) is 0 Å². The smallest absolute Gasteiger partial charge is 0.0554 e. The molecule has 0 saturated carbocycles. The largest absolute Gasteiger partial charge is 0.377 e. The van der Waals surface area contributed by atoms with Gasteiger partial charge in [-0.05, 0) is 65.1 Å². The molecule has 1 nitrogen and oxygen atoms in total. The second-order valence-electron chi connectivity index (χ2n) is 6.22. The Kier molecular flexibility index (Phi) is 4.78. The summed E-state index contributed by atoms with van der Waals surface area (Å²) in [6, 6.07) is 25.9. The molecule has 0 spiro atoms. The van der Waals surface area contributed by atoms with Gasteiger partial charge in [-0.3, -0.25) is 0 Å². The molecule has 1 unspecified atom stereocenters. The first-order valence-corrected chi connectivity index (χ1v) is 9.85. The van der Waals surface area contributed by atoms with Crippen LogP contribution in [0.3, 0.4) is 0 Å². The van der Waals surface area contributed by atoms with Gasteiger partial charge >= 0.3 is 0 Å². The lowest BCUT2D eigenvalue weighted by molar-refractivity contribution is 0.813. The third-order valence-corrected chi connectivity index (χ3v) is 5.59. The van der Waals surface area contributed by atoms with Crippen molar-refractivity contribution in [2.45, 2.75) is 12.5 Å². The quantitative estimate of drug-likeness (QED) is 0.428. The van der Waals surface area contributed by atoms with Gasteiger partial charge in [0.25, 0.3) is 0 Å². The molecule has 0 bridgehead atoms. The maximum absolute atomic E-state index is 3.73. The fraction of sp³-hybridized carbons (Fsp3) is 0.0909. The first-order chi connectivity index (χ1) is 12.2. The normalized spacial score (nSPS) is 16.4. The van der Waals surface area contributed by atoms with Crippen LogP contribution < -0.4 is 5.32 Å². The van der Waals surface area contributed by atoms with Gasteiger partial charge in [-0.15, -0.1) is 0 Å². The summed E-state index contributed by atoms with van der Waals surface area (Å²) in [5.41, 5.74) is 6.33. The summed E-state index contributed by atoms with van der Waals surface area (Å²) in [7, 11) is 0. The van der Waals surface area contributed by atoms with Crippen molar-refractivity contribution < 1.29 is 0 Å². The molecular weight excluding hydrogens is 438 g/mol. The highest BCUT2D eigenvalue weighted by molar-refractivity contribution is 9.10. The van der Waals surface area contributed by atoms with Crippen LogP contribution in [0.15, 0.2) is 81.7 Å². The van der Waals surface area contributed by atoms with Gasteiger partial charge in [0, 0.05) is 14.6 Å². The lowest BCUT2D eigenvalue weighted by Crippen LogP contribution is -2.10. The molecular formula is C22H17Br2N. The standard InChI is InChI=1S/C22H17Br2N/c23-19-9-5-15(6-10-19)18-13-17-3-1-2-4-21(17)25-22(14-18)16-7-11-20(24)12-8-16/h1-13,22,25H,14H2. The van der Waals surface area contributed by atoms with Gasteiger partial charge in [-0.1, -0.05) is 74.3 Å². The minimum atomic E-state index is 0.242. The lowest BCUT2D eigenvalue weighted by Gasteiger charge is -2.20. The summed E-state index contributed by atoms with van der Waals surface area (Å²) in [5.74, 6) is 0. The van der Waals surface area contributed by atoms with Crippen molar-refractivity contribution >= 4 is 49.2 Å². The third-order valence-electron chi connectivity index (χ3n) is 4.53. The Morgan fingerprint density at radius 3 is 2.12 bits per heavy atom. The predicted molar refractivity (Wildman–Crippen MR) is 114 cm³/mol. The molecule has 0 aliphatic carbocycles. The molecule has 1 aliphatic rings. The van der Waals surface area contributed by atoms with Crippen molar-refractivity contribution in [2.75, 3.05) is 5.32 Å². The van der Waals surface area contributed by atoms with E-state index in [-0.39, 0.29) is 6.04 Å². The van der Waals surface area contributed by atoms with E-state index in [4.69, 9.17) is 0 Å². The number of fused-ring (bicyclic) bond motifs is 1. The van der Waals surface area contributed by atoms with Crippen LogP contribution in [0, 0.1) is 0 Å². The van der Waals surface area contributed by atoms with E-state index >= 15 is 0 Å². The molecule has 25 heavy (non-hydrogen) atoms. The molecule has 1 aliphatic heterocycles. The van der Waals surface area contributed by atoms with Gasteiger partial charge < -0.3 is 5.32 Å². The van der Waals surface area contributed by atoms with Crippen LogP contribution in [-0.2, 0) is 0 Å². The lowest BCUT2D eigenvalue weighted by atomic mass is 9.94. The molecule has 0 saturated heterocycles. The van der Waals surface area contributed by atoms with Crippen molar-refractivity contribution in [3.8, 4) is 0 Å². The minimum absolute atomic E-state index is 0.242. The molecule has 1 heterocycles. The topological polar surface area (TPSA) is 12.0 Å². The Morgan fingerprint density at radius 1 is 0.760 bits per heavy atom. The van der Waals surface area contributed by atoms with E-state index in [1.54, 1.807) is 0 Å². The number of benzene rings is 3. The Balaban J connectivity index is 1.78. The van der Waals surface area contributed by atoms with E-state index in [1.165, 1.54) is 28.0 Å². The molecule has 3 aromatic carbocycles. The zero-order valence-electron chi connectivity index (χ0n) is 13.5. The molecule has 1 atom stereocenters. The van der Waals surface area contributed by atoms with Crippen molar-refractivity contribution in [1.82, 2.24) is 0 Å². The van der Waals surface area contributed by atoms with Gasteiger partial charge in [-0.25, -0.2) is 0 Å². The Bertz CT molecular complexity index is 912. The number of nitrogens with one attached hydrogen (secondary N) is 1. The average Bonchev–Trinajstić information content (AvgIpc) is 2.82. The SMILES string of the molecule is Brc1ccc(C2=Cc3ccccc3NC(c3ccc(Br)cc3)C2)cc1. The summed E-state index contributed by atoms with van der Waals surface area (Å²) in [6.07, 6.45) is 3.25. The maximum Gasteiger partial charge on any atom is 0.0554 e. The monoisotopic (exact) mass is 453 g/mol. The number of rotatable bonds is 2. The fourth-order valence-corrected chi connectivity index (χ4v) is 3.75. The first-order valence-electron chi connectivity index (χ1n) is 8.26. The first kappa shape index (κ1) is 16.6. The van der Waals surface area contributed by atoms with Gasteiger partial charge in [0.1, 0.15) is 0 Å². The zero-order chi connectivity index (χ0) is 17.2. The van der Waals surface area contributed by atoms with Crippen molar-refractivity contribution in [1.29, 1.82) is 0 Å². The van der Waals surface area contributed by atoms with E-state index in [0.29, 0.717) is 0 Å². The summed E-state index contributed by atoms with van der Waals surface area (Å²) < 4.78 is 2.21. The molecule has 124 valence electrons. The Hall–Kier alpha value is -1.84. The van der Waals surface area contributed by atoms with Crippen LogP contribution in [0.25, 0.3) is 11.6 Å². The van der Waals surface area contributed by atoms with Crippen LogP contribution in [0.4, 0.5) is 5.69 Å². The number of hydrogen-bond donors (Lipinski definition) is 1. The van der Waals surface area contributed by atoms with E-state index in [9.17, 15) is 0 Å². The minimum Gasteiger partial charge on any atom is -0.377 e. The van der Waals surface area contributed by atoms with Crippen molar-refractivity contribution in [3.05, 3.63) is 98.4 Å². The van der Waals surface area contributed by atoms with Gasteiger partial charge in [0.2, 0.25) is 0 Å².